The zero-order chi connectivity index (χ0) is 17.6. The van der Waals surface area contributed by atoms with Gasteiger partial charge in [0.05, 0.1) is 18.0 Å². The highest BCUT2D eigenvalue weighted by Gasteiger charge is 2.34. The van der Waals surface area contributed by atoms with Gasteiger partial charge in [0, 0.05) is 32.2 Å². The number of carbonyl (C=O) groups excluding carboxylic acids is 1. The number of hydrogen-bond acceptors (Lipinski definition) is 6. The minimum Gasteiger partial charge on any atom is -0.442 e. The topological polar surface area (TPSA) is 103 Å². The highest BCUT2D eigenvalue weighted by molar-refractivity contribution is 6.06. The predicted molar refractivity (Wildman–Crippen MR) is 90.5 cm³/mol. The summed E-state index contributed by atoms with van der Waals surface area (Å²) in [5.41, 5.74) is 0.133. The molecule has 1 saturated carbocycles. The maximum Gasteiger partial charge on any atom is 0.262 e. The molecule has 0 unspecified atom stereocenters. The predicted octanol–water partition coefficient (Wildman–Crippen LogP) is 0.496. The van der Waals surface area contributed by atoms with Gasteiger partial charge in [-0.25, -0.2) is 4.98 Å². The van der Waals surface area contributed by atoms with Crippen LogP contribution in [0.1, 0.15) is 35.4 Å². The minimum atomic E-state index is -0.363. The summed E-state index contributed by atoms with van der Waals surface area (Å²) in [4.78, 5) is 35.6. The lowest BCUT2D eigenvalue weighted by atomic mass is 10.1. The van der Waals surface area contributed by atoms with Gasteiger partial charge in [-0.1, -0.05) is 0 Å². The highest BCUT2D eigenvalue weighted by atomic mass is 16.3. The van der Waals surface area contributed by atoms with Crippen molar-refractivity contribution in [1.29, 1.82) is 0 Å². The van der Waals surface area contributed by atoms with E-state index in [1.54, 1.807) is 11.8 Å². The van der Waals surface area contributed by atoms with Crippen LogP contribution in [0.25, 0.3) is 11.1 Å². The fourth-order valence-corrected chi connectivity index (χ4v) is 4.07. The zero-order valence-corrected chi connectivity index (χ0v) is 14.2. The second-order valence-corrected chi connectivity index (χ2v) is 6.84. The average Bonchev–Trinajstić information content (AvgIpc) is 3.18. The minimum absolute atomic E-state index is 0.192. The quantitative estimate of drug-likeness (QED) is 0.821. The number of H-pyrrole nitrogens is 1. The molecule has 2 N–H and O–H groups in total. The number of aryl methyl sites for hydroxylation is 1. The number of rotatable bonds is 2. The van der Waals surface area contributed by atoms with Gasteiger partial charge in [-0.2, -0.15) is 0 Å². The smallest absolute Gasteiger partial charge is 0.262 e. The Morgan fingerprint density at radius 2 is 2.08 bits per heavy atom. The Morgan fingerprint density at radius 1 is 1.32 bits per heavy atom. The van der Waals surface area contributed by atoms with Gasteiger partial charge in [-0.05, 0) is 26.2 Å². The van der Waals surface area contributed by atoms with Crippen LogP contribution in [0.4, 0.5) is 0 Å². The molecule has 8 heteroatoms. The monoisotopic (exact) mass is 346 g/mol. The van der Waals surface area contributed by atoms with Crippen molar-refractivity contribution >= 4 is 17.0 Å². The zero-order valence-electron chi connectivity index (χ0n) is 14.2. The van der Waals surface area contributed by atoms with Crippen molar-refractivity contribution in [2.75, 3.05) is 26.2 Å². The second-order valence-electron chi connectivity index (χ2n) is 6.84. The number of fused-ring (bicyclic) bond motifs is 1. The number of piperazine rings is 1. The highest BCUT2D eigenvalue weighted by Crippen LogP contribution is 2.26. The lowest BCUT2D eigenvalue weighted by molar-refractivity contribution is 0.0315. The molecule has 2 aliphatic rings. The van der Waals surface area contributed by atoms with E-state index in [0.717, 1.165) is 32.4 Å². The summed E-state index contributed by atoms with van der Waals surface area (Å²) in [7, 11) is 0. The normalized spacial score (nSPS) is 25.0. The Balaban J connectivity index is 1.53. The fraction of sp³-hybridized carbons (Fsp3) is 0.588. The second kappa shape index (κ2) is 6.27. The Kier molecular flexibility index (Phi) is 4.09. The molecule has 25 heavy (non-hydrogen) atoms. The van der Waals surface area contributed by atoms with E-state index in [0.29, 0.717) is 24.4 Å². The maximum absolute atomic E-state index is 13.0. The van der Waals surface area contributed by atoms with Crippen LogP contribution >= 0.6 is 0 Å². The molecule has 1 saturated heterocycles. The number of aliphatic hydroxyl groups is 1. The molecular weight excluding hydrogens is 324 g/mol. The van der Waals surface area contributed by atoms with Crippen LogP contribution in [-0.4, -0.2) is 69.1 Å². The summed E-state index contributed by atoms with van der Waals surface area (Å²) in [5.74, 6) is 0.221. The molecule has 1 amide bonds. The number of carbonyl (C=O) groups is 1. The van der Waals surface area contributed by atoms with Crippen LogP contribution in [-0.2, 0) is 0 Å². The van der Waals surface area contributed by atoms with Crippen molar-refractivity contribution in [3.63, 3.8) is 0 Å². The molecule has 2 aromatic heterocycles. The molecule has 0 bridgehead atoms. The molecule has 2 fully saturated rings. The number of amides is 1. The van der Waals surface area contributed by atoms with Gasteiger partial charge in [0.15, 0.2) is 0 Å². The molecule has 2 atom stereocenters. The van der Waals surface area contributed by atoms with Gasteiger partial charge in [0.2, 0.25) is 5.71 Å². The number of furan rings is 1. The van der Waals surface area contributed by atoms with E-state index < -0.39 is 0 Å². The first-order valence-electron chi connectivity index (χ1n) is 8.74. The number of aromatic nitrogens is 2. The van der Waals surface area contributed by atoms with E-state index in [1.807, 2.05) is 0 Å². The van der Waals surface area contributed by atoms with Crippen molar-refractivity contribution in [1.82, 2.24) is 19.8 Å². The van der Waals surface area contributed by atoms with Gasteiger partial charge in [0.1, 0.15) is 11.1 Å². The van der Waals surface area contributed by atoms with Crippen LogP contribution in [0.5, 0.6) is 0 Å². The standard InChI is InChI=1S/C17H22N4O4/c1-10-13(14-15(23)18-9-19-16(14)25-10)17(24)21-7-5-20(6-8-21)11-3-2-4-12(11)22/h9,11-12,22H,2-8H2,1H3,(H,18,19,23)/t11-,12-/m0/s1. The summed E-state index contributed by atoms with van der Waals surface area (Å²) in [6, 6.07) is 0.209. The first-order chi connectivity index (χ1) is 12.1. The first kappa shape index (κ1) is 16.3. The van der Waals surface area contributed by atoms with Crippen molar-refractivity contribution < 1.29 is 14.3 Å². The van der Waals surface area contributed by atoms with Crippen molar-refractivity contribution in [2.45, 2.75) is 38.3 Å². The lowest BCUT2D eigenvalue weighted by Crippen LogP contribution is -2.53. The van der Waals surface area contributed by atoms with E-state index in [-0.39, 0.29) is 34.7 Å². The van der Waals surface area contributed by atoms with Crippen molar-refractivity contribution in [3.8, 4) is 0 Å². The van der Waals surface area contributed by atoms with Crippen LogP contribution in [0.2, 0.25) is 0 Å². The van der Waals surface area contributed by atoms with Gasteiger partial charge in [-0.15, -0.1) is 0 Å². The number of aromatic amines is 1. The third-order valence-electron chi connectivity index (χ3n) is 5.40. The van der Waals surface area contributed by atoms with Gasteiger partial charge < -0.3 is 19.4 Å². The van der Waals surface area contributed by atoms with E-state index in [9.17, 15) is 14.7 Å². The summed E-state index contributed by atoms with van der Waals surface area (Å²) >= 11 is 0. The molecule has 8 nitrogen and oxygen atoms in total. The number of hydrogen-bond donors (Lipinski definition) is 2. The fourth-order valence-electron chi connectivity index (χ4n) is 4.07. The molecule has 1 aliphatic heterocycles. The number of nitrogens with one attached hydrogen (secondary N) is 1. The molecule has 134 valence electrons. The maximum atomic E-state index is 13.0. The van der Waals surface area contributed by atoms with Gasteiger partial charge in [-0.3, -0.25) is 14.5 Å². The van der Waals surface area contributed by atoms with Gasteiger partial charge >= 0.3 is 0 Å². The Bertz CT molecular complexity index is 850. The molecule has 2 aromatic rings. The molecule has 0 radical (unpaired) electrons. The first-order valence-corrected chi connectivity index (χ1v) is 8.74. The van der Waals surface area contributed by atoms with E-state index >= 15 is 0 Å². The van der Waals surface area contributed by atoms with Crippen LogP contribution in [0, 0.1) is 6.92 Å². The van der Waals surface area contributed by atoms with E-state index in [1.165, 1.54) is 6.33 Å². The Labute approximate surface area is 144 Å². The SMILES string of the molecule is Cc1oc2nc[nH]c(=O)c2c1C(=O)N1CCN([C@H]2CCC[C@@H]2O)CC1. The summed E-state index contributed by atoms with van der Waals surface area (Å²) in [6.45, 7) is 4.30. The molecule has 4 rings (SSSR count). The summed E-state index contributed by atoms with van der Waals surface area (Å²) < 4.78 is 5.49. The lowest BCUT2D eigenvalue weighted by Gasteiger charge is -2.39. The summed E-state index contributed by atoms with van der Waals surface area (Å²) in [5, 5.41) is 10.3. The number of nitrogens with zero attached hydrogens (tertiary/aromatic N) is 3. The van der Waals surface area contributed by atoms with Crippen molar-refractivity contribution in [3.05, 3.63) is 28.0 Å². The summed E-state index contributed by atoms with van der Waals surface area (Å²) in [6.07, 6.45) is 3.95. The van der Waals surface area contributed by atoms with E-state index in [2.05, 4.69) is 14.9 Å². The molecule has 1 aliphatic carbocycles. The van der Waals surface area contributed by atoms with E-state index in [4.69, 9.17) is 4.42 Å². The Hall–Kier alpha value is -2.19. The number of aliphatic hydroxyl groups excluding tert-OH is 1. The largest absolute Gasteiger partial charge is 0.442 e. The average molecular weight is 346 g/mol. The molecule has 0 aromatic carbocycles. The van der Waals surface area contributed by atoms with Crippen LogP contribution in [0.3, 0.4) is 0 Å². The van der Waals surface area contributed by atoms with Gasteiger partial charge in [0.25, 0.3) is 11.5 Å². The Morgan fingerprint density at radius 3 is 2.76 bits per heavy atom. The third-order valence-corrected chi connectivity index (χ3v) is 5.40. The van der Waals surface area contributed by atoms with Crippen molar-refractivity contribution in [2.24, 2.45) is 0 Å². The van der Waals surface area contributed by atoms with Crippen LogP contribution < -0.4 is 5.56 Å². The van der Waals surface area contributed by atoms with Crippen LogP contribution in [0.15, 0.2) is 15.5 Å². The molecule has 3 heterocycles. The molecular formula is C17H22N4O4. The third kappa shape index (κ3) is 2.75. The molecule has 0 spiro atoms.